The smallest absolute Gasteiger partial charge is 0.395 e. The minimum absolute atomic E-state index is 0.0347. The van der Waals surface area contributed by atoms with Crippen LogP contribution in [0.25, 0.3) is 16.4 Å². The van der Waals surface area contributed by atoms with E-state index in [1.807, 2.05) is 0 Å². The zero-order valence-electron chi connectivity index (χ0n) is 10.6. The Labute approximate surface area is 116 Å². The standard InChI is InChI=1S/C12H10F3N5O/c13-12(14,15)11-18-17-10-8-4-2-1-3-7(8)9(16-5-6-21)19-20(10)11/h1-4,21H,5-6H2,(H,16,19). The van der Waals surface area contributed by atoms with E-state index in [0.717, 1.165) is 0 Å². The molecule has 9 heteroatoms. The van der Waals surface area contributed by atoms with E-state index in [9.17, 15) is 13.2 Å². The van der Waals surface area contributed by atoms with Gasteiger partial charge >= 0.3 is 6.18 Å². The normalized spacial score (nSPS) is 12.2. The Bertz CT molecular complexity index is 799. The van der Waals surface area contributed by atoms with Gasteiger partial charge in [-0.1, -0.05) is 24.3 Å². The van der Waals surface area contributed by atoms with Crippen LogP contribution in [0.5, 0.6) is 0 Å². The van der Waals surface area contributed by atoms with Gasteiger partial charge in [0, 0.05) is 17.3 Å². The molecule has 0 saturated carbocycles. The molecular weight excluding hydrogens is 287 g/mol. The molecule has 0 aliphatic rings. The lowest BCUT2D eigenvalue weighted by Crippen LogP contribution is -2.15. The maximum atomic E-state index is 12.9. The third kappa shape index (κ3) is 2.25. The second kappa shape index (κ2) is 4.85. The Morgan fingerprint density at radius 2 is 1.86 bits per heavy atom. The van der Waals surface area contributed by atoms with Crippen molar-refractivity contribution in [2.45, 2.75) is 6.18 Å². The number of aromatic nitrogens is 4. The van der Waals surface area contributed by atoms with E-state index in [0.29, 0.717) is 15.3 Å². The molecule has 3 rings (SSSR count). The predicted octanol–water partition coefficient (Wildman–Crippen LogP) is 1.70. The molecule has 0 saturated heterocycles. The molecule has 0 amide bonds. The SMILES string of the molecule is OCCNc1nn2c(C(F)(F)F)nnc2c2ccccc12. The monoisotopic (exact) mass is 297 g/mol. The zero-order valence-corrected chi connectivity index (χ0v) is 10.6. The zero-order chi connectivity index (χ0) is 15.0. The average molecular weight is 297 g/mol. The molecule has 2 aromatic heterocycles. The number of nitrogens with zero attached hydrogens (tertiary/aromatic N) is 4. The topological polar surface area (TPSA) is 75.3 Å². The fourth-order valence-corrected chi connectivity index (χ4v) is 2.06. The van der Waals surface area contributed by atoms with Crippen LogP contribution in [0.4, 0.5) is 19.0 Å². The number of aliphatic hydroxyl groups excluding tert-OH is 1. The van der Waals surface area contributed by atoms with Gasteiger partial charge in [-0.05, 0) is 0 Å². The van der Waals surface area contributed by atoms with Gasteiger partial charge in [-0.2, -0.15) is 17.7 Å². The van der Waals surface area contributed by atoms with Crippen molar-refractivity contribution in [2.75, 3.05) is 18.5 Å². The molecule has 0 atom stereocenters. The van der Waals surface area contributed by atoms with Gasteiger partial charge in [0.15, 0.2) is 11.5 Å². The molecule has 0 bridgehead atoms. The summed E-state index contributed by atoms with van der Waals surface area (Å²) in [4.78, 5) is 0. The molecule has 0 spiro atoms. The van der Waals surface area contributed by atoms with Crippen LogP contribution in [0.15, 0.2) is 24.3 Å². The van der Waals surface area contributed by atoms with Crippen LogP contribution >= 0.6 is 0 Å². The van der Waals surface area contributed by atoms with Crippen LogP contribution in [0, 0.1) is 0 Å². The van der Waals surface area contributed by atoms with E-state index in [4.69, 9.17) is 5.11 Å². The highest BCUT2D eigenvalue weighted by Crippen LogP contribution is 2.31. The van der Waals surface area contributed by atoms with E-state index in [1.165, 1.54) is 0 Å². The van der Waals surface area contributed by atoms with E-state index in [2.05, 4.69) is 20.6 Å². The minimum Gasteiger partial charge on any atom is -0.395 e. The average Bonchev–Trinajstić information content (AvgIpc) is 2.88. The van der Waals surface area contributed by atoms with E-state index < -0.39 is 12.0 Å². The number of benzene rings is 1. The van der Waals surface area contributed by atoms with Crippen molar-refractivity contribution in [1.29, 1.82) is 0 Å². The van der Waals surface area contributed by atoms with Crippen molar-refractivity contribution in [1.82, 2.24) is 19.8 Å². The number of hydrogen-bond donors (Lipinski definition) is 2. The summed E-state index contributed by atoms with van der Waals surface area (Å²) in [6.45, 7) is 0.00826. The van der Waals surface area contributed by atoms with Crippen LogP contribution in [0.1, 0.15) is 5.82 Å². The van der Waals surface area contributed by atoms with Crippen LogP contribution in [0.2, 0.25) is 0 Å². The largest absolute Gasteiger partial charge is 0.453 e. The Hall–Kier alpha value is -2.42. The van der Waals surface area contributed by atoms with Gasteiger partial charge in [-0.3, -0.25) is 0 Å². The summed E-state index contributed by atoms with van der Waals surface area (Å²) in [7, 11) is 0. The second-order valence-corrected chi connectivity index (χ2v) is 4.30. The van der Waals surface area contributed by atoms with E-state index in [1.54, 1.807) is 24.3 Å². The molecule has 0 radical (unpaired) electrons. The molecule has 6 nitrogen and oxygen atoms in total. The molecule has 0 aliphatic carbocycles. The van der Waals surface area contributed by atoms with Gasteiger partial charge in [0.05, 0.1) is 6.61 Å². The fourth-order valence-electron chi connectivity index (χ4n) is 2.06. The van der Waals surface area contributed by atoms with Gasteiger partial charge in [-0.15, -0.1) is 15.3 Å². The molecule has 2 N–H and O–H groups in total. The van der Waals surface area contributed by atoms with Crippen molar-refractivity contribution < 1.29 is 18.3 Å². The lowest BCUT2D eigenvalue weighted by Gasteiger charge is -2.10. The van der Waals surface area contributed by atoms with Crippen molar-refractivity contribution in [3.63, 3.8) is 0 Å². The van der Waals surface area contributed by atoms with Crippen LogP contribution in [0.3, 0.4) is 0 Å². The van der Waals surface area contributed by atoms with Crippen LogP contribution in [-0.2, 0) is 6.18 Å². The number of alkyl halides is 3. The highest BCUT2D eigenvalue weighted by Gasteiger charge is 2.38. The van der Waals surface area contributed by atoms with Gasteiger partial charge in [0.2, 0.25) is 0 Å². The Morgan fingerprint density at radius 1 is 1.14 bits per heavy atom. The van der Waals surface area contributed by atoms with Crippen LogP contribution < -0.4 is 5.32 Å². The minimum atomic E-state index is -4.65. The number of rotatable bonds is 3. The number of aliphatic hydroxyl groups is 1. The van der Waals surface area contributed by atoms with Gasteiger partial charge in [-0.25, -0.2) is 0 Å². The Kier molecular flexibility index (Phi) is 3.13. The molecule has 0 fully saturated rings. The summed E-state index contributed by atoms with van der Waals surface area (Å²) in [5.74, 6) is -0.951. The summed E-state index contributed by atoms with van der Waals surface area (Å²) < 4.78 is 39.4. The first-order valence-electron chi connectivity index (χ1n) is 6.08. The summed E-state index contributed by atoms with van der Waals surface area (Å²) >= 11 is 0. The summed E-state index contributed by atoms with van der Waals surface area (Å²) in [5.41, 5.74) is 0.0347. The Morgan fingerprint density at radius 3 is 2.52 bits per heavy atom. The van der Waals surface area contributed by atoms with Gasteiger partial charge in [0.25, 0.3) is 5.82 Å². The maximum Gasteiger partial charge on any atom is 0.453 e. The van der Waals surface area contributed by atoms with Crippen molar-refractivity contribution in [2.24, 2.45) is 0 Å². The fraction of sp³-hybridized carbons (Fsp3) is 0.250. The van der Waals surface area contributed by atoms with Gasteiger partial charge in [0.1, 0.15) is 0 Å². The molecule has 2 heterocycles. The summed E-state index contributed by atoms with van der Waals surface area (Å²) in [5, 5.41) is 23.4. The molecule has 0 aliphatic heterocycles. The number of halogens is 3. The number of fused-ring (bicyclic) bond motifs is 3. The number of anilines is 1. The number of nitrogens with one attached hydrogen (secondary N) is 1. The maximum absolute atomic E-state index is 12.9. The lowest BCUT2D eigenvalue weighted by molar-refractivity contribution is -0.146. The van der Waals surface area contributed by atoms with E-state index in [-0.39, 0.29) is 24.6 Å². The second-order valence-electron chi connectivity index (χ2n) is 4.30. The quantitative estimate of drug-likeness (QED) is 0.769. The first kappa shape index (κ1) is 13.6. The van der Waals surface area contributed by atoms with Crippen molar-refractivity contribution >= 4 is 22.2 Å². The molecule has 1 aromatic carbocycles. The van der Waals surface area contributed by atoms with Crippen LogP contribution in [-0.4, -0.2) is 38.1 Å². The highest BCUT2D eigenvalue weighted by atomic mass is 19.4. The predicted molar refractivity (Wildman–Crippen MR) is 68.9 cm³/mol. The molecular formula is C12H10F3N5O. The first-order valence-corrected chi connectivity index (χ1v) is 6.08. The van der Waals surface area contributed by atoms with Crippen molar-refractivity contribution in [3.8, 4) is 0 Å². The molecule has 3 aromatic rings. The van der Waals surface area contributed by atoms with E-state index >= 15 is 0 Å². The third-order valence-electron chi connectivity index (χ3n) is 2.92. The molecule has 0 unspecified atom stereocenters. The Balaban J connectivity index is 2.33. The first-order chi connectivity index (χ1) is 10.0. The van der Waals surface area contributed by atoms with Crippen molar-refractivity contribution in [3.05, 3.63) is 30.1 Å². The molecule has 21 heavy (non-hydrogen) atoms. The third-order valence-corrected chi connectivity index (χ3v) is 2.92. The summed E-state index contributed by atoms with van der Waals surface area (Å²) in [6.07, 6.45) is -4.65. The number of hydrogen-bond acceptors (Lipinski definition) is 5. The summed E-state index contributed by atoms with van der Waals surface area (Å²) in [6, 6.07) is 6.79. The molecule has 110 valence electrons. The highest BCUT2D eigenvalue weighted by molar-refractivity contribution is 5.99. The van der Waals surface area contributed by atoms with Gasteiger partial charge < -0.3 is 10.4 Å². The lowest BCUT2D eigenvalue weighted by atomic mass is 10.2.